The Balaban J connectivity index is 3.25. The molecule has 0 bridgehead atoms. The summed E-state index contributed by atoms with van der Waals surface area (Å²) in [5.41, 5.74) is -0.0154. The number of rotatable bonds is 14. The quantitative estimate of drug-likeness (QED) is 0.337. The van der Waals surface area contributed by atoms with Crippen LogP contribution in [-0.2, 0) is 0 Å². The van der Waals surface area contributed by atoms with Crippen molar-refractivity contribution >= 4 is 0 Å². The van der Waals surface area contributed by atoms with Crippen LogP contribution in [0.4, 0.5) is 0 Å². The highest BCUT2D eigenvalue weighted by atomic mass is 16.3. The van der Waals surface area contributed by atoms with E-state index in [-0.39, 0.29) is 11.6 Å². The molecule has 20 heavy (non-hydrogen) atoms. The summed E-state index contributed by atoms with van der Waals surface area (Å²) in [6, 6.07) is 0. The van der Waals surface area contributed by atoms with Gasteiger partial charge in [0.25, 0.3) is 0 Å². The molecule has 122 valence electrons. The fourth-order valence-electron chi connectivity index (χ4n) is 2.32. The second kappa shape index (κ2) is 12.6. The van der Waals surface area contributed by atoms with Crippen molar-refractivity contribution < 1.29 is 5.11 Å². The Morgan fingerprint density at radius 3 is 1.70 bits per heavy atom. The van der Waals surface area contributed by atoms with E-state index >= 15 is 0 Å². The van der Waals surface area contributed by atoms with Gasteiger partial charge in [-0.2, -0.15) is 0 Å². The minimum Gasteiger partial charge on any atom is -0.378 e. The molecule has 0 heterocycles. The molecule has 2 heteroatoms. The lowest BCUT2D eigenvalue weighted by atomic mass is 9.88. The van der Waals surface area contributed by atoms with Gasteiger partial charge in [-0.1, -0.05) is 85.5 Å². The van der Waals surface area contributed by atoms with E-state index in [1.54, 1.807) is 0 Å². The molecule has 0 amide bonds. The summed E-state index contributed by atoms with van der Waals surface area (Å²) in [4.78, 5) is 0. The smallest absolute Gasteiger partial charge is 0.110 e. The molecule has 0 aliphatic carbocycles. The van der Waals surface area contributed by atoms with E-state index in [0.717, 1.165) is 13.0 Å². The molecule has 0 rings (SSSR count). The highest BCUT2D eigenvalue weighted by Gasteiger charge is 2.24. The predicted octanol–water partition coefficient (Wildman–Crippen LogP) is 5.25. The van der Waals surface area contributed by atoms with Gasteiger partial charge in [-0.15, -0.1) is 0 Å². The van der Waals surface area contributed by atoms with Crippen molar-refractivity contribution in [3.05, 3.63) is 0 Å². The standard InChI is InChI=1S/C18H39NO/c1-5-7-8-9-10-11-12-13-14-15-16-19-17(20)18(3,4)6-2/h17,19-20H,5-16H2,1-4H3. The van der Waals surface area contributed by atoms with Crippen LogP contribution in [0.3, 0.4) is 0 Å². The van der Waals surface area contributed by atoms with Crippen molar-refractivity contribution in [2.24, 2.45) is 5.41 Å². The topological polar surface area (TPSA) is 32.3 Å². The Morgan fingerprint density at radius 2 is 1.25 bits per heavy atom. The summed E-state index contributed by atoms with van der Waals surface area (Å²) >= 11 is 0. The van der Waals surface area contributed by atoms with Crippen molar-refractivity contribution in [3.8, 4) is 0 Å². The van der Waals surface area contributed by atoms with Crippen LogP contribution in [0.1, 0.15) is 98.3 Å². The van der Waals surface area contributed by atoms with E-state index in [4.69, 9.17) is 0 Å². The molecule has 0 saturated heterocycles. The molecule has 0 aromatic rings. The first-order valence-corrected chi connectivity index (χ1v) is 8.96. The lowest BCUT2D eigenvalue weighted by Crippen LogP contribution is -2.41. The Bertz CT molecular complexity index is 204. The molecule has 2 nitrogen and oxygen atoms in total. The van der Waals surface area contributed by atoms with E-state index < -0.39 is 0 Å². The van der Waals surface area contributed by atoms with E-state index in [0.29, 0.717) is 0 Å². The van der Waals surface area contributed by atoms with Crippen LogP contribution in [-0.4, -0.2) is 17.9 Å². The van der Waals surface area contributed by atoms with Gasteiger partial charge >= 0.3 is 0 Å². The fourth-order valence-corrected chi connectivity index (χ4v) is 2.32. The van der Waals surface area contributed by atoms with Crippen molar-refractivity contribution in [2.45, 2.75) is 105 Å². The van der Waals surface area contributed by atoms with Crippen molar-refractivity contribution in [1.82, 2.24) is 5.32 Å². The third-order valence-corrected chi connectivity index (χ3v) is 4.52. The Kier molecular flexibility index (Phi) is 12.6. The maximum Gasteiger partial charge on any atom is 0.110 e. The SMILES string of the molecule is CCCCCCCCCCCCNC(O)C(C)(C)CC. The molecule has 1 atom stereocenters. The third kappa shape index (κ3) is 10.7. The minimum absolute atomic E-state index is 0.0154. The summed E-state index contributed by atoms with van der Waals surface area (Å²) < 4.78 is 0. The van der Waals surface area contributed by atoms with Crippen molar-refractivity contribution in [3.63, 3.8) is 0 Å². The van der Waals surface area contributed by atoms with Crippen LogP contribution in [0, 0.1) is 5.41 Å². The average molecular weight is 286 g/mol. The maximum atomic E-state index is 10.0. The van der Waals surface area contributed by atoms with Crippen LogP contribution in [0.15, 0.2) is 0 Å². The molecule has 2 N–H and O–H groups in total. The van der Waals surface area contributed by atoms with Crippen LogP contribution in [0.25, 0.3) is 0 Å². The first-order chi connectivity index (χ1) is 9.54. The molecule has 0 aromatic heterocycles. The summed E-state index contributed by atoms with van der Waals surface area (Å²) in [5.74, 6) is 0. The van der Waals surface area contributed by atoms with Gasteiger partial charge in [-0.05, 0) is 19.4 Å². The fraction of sp³-hybridized carbons (Fsp3) is 1.00. The average Bonchev–Trinajstić information content (AvgIpc) is 2.44. The number of nitrogens with one attached hydrogen (secondary N) is 1. The molecular formula is C18H39NO. The lowest BCUT2D eigenvalue weighted by Gasteiger charge is -2.29. The number of aliphatic hydroxyl groups is 1. The van der Waals surface area contributed by atoms with Gasteiger partial charge < -0.3 is 5.11 Å². The number of unbranched alkanes of at least 4 members (excludes halogenated alkanes) is 9. The molecular weight excluding hydrogens is 246 g/mol. The largest absolute Gasteiger partial charge is 0.378 e. The zero-order valence-corrected chi connectivity index (χ0v) is 14.5. The monoisotopic (exact) mass is 285 g/mol. The van der Waals surface area contributed by atoms with Gasteiger partial charge in [0.15, 0.2) is 0 Å². The van der Waals surface area contributed by atoms with Crippen molar-refractivity contribution in [1.29, 1.82) is 0 Å². The summed E-state index contributed by atoms with van der Waals surface area (Å²) in [5, 5.41) is 13.3. The van der Waals surface area contributed by atoms with Gasteiger partial charge in [-0.3, -0.25) is 5.32 Å². The third-order valence-electron chi connectivity index (χ3n) is 4.52. The summed E-state index contributed by atoms with van der Waals surface area (Å²) in [6.45, 7) is 9.57. The Labute approximate surface area is 127 Å². The van der Waals surface area contributed by atoms with Crippen LogP contribution < -0.4 is 5.32 Å². The van der Waals surface area contributed by atoms with Gasteiger partial charge in [0.1, 0.15) is 6.23 Å². The molecule has 1 unspecified atom stereocenters. The molecule has 0 aliphatic heterocycles. The van der Waals surface area contributed by atoms with E-state index in [2.05, 4.69) is 33.0 Å². The first-order valence-electron chi connectivity index (χ1n) is 8.96. The van der Waals surface area contributed by atoms with Gasteiger partial charge in [0.05, 0.1) is 0 Å². The Hall–Kier alpha value is -0.0800. The van der Waals surface area contributed by atoms with Gasteiger partial charge in [0, 0.05) is 5.41 Å². The minimum atomic E-state index is -0.369. The highest BCUT2D eigenvalue weighted by molar-refractivity contribution is 4.74. The van der Waals surface area contributed by atoms with Gasteiger partial charge in [0.2, 0.25) is 0 Å². The number of hydrogen-bond donors (Lipinski definition) is 2. The molecule has 0 aliphatic rings. The van der Waals surface area contributed by atoms with Crippen LogP contribution >= 0.6 is 0 Å². The number of hydrogen-bond acceptors (Lipinski definition) is 2. The predicted molar refractivity (Wildman–Crippen MR) is 89.9 cm³/mol. The second-order valence-electron chi connectivity index (χ2n) is 6.88. The molecule has 0 spiro atoms. The van der Waals surface area contributed by atoms with E-state index in [9.17, 15) is 5.11 Å². The summed E-state index contributed by atoms with van der Waals surface area (Å²) in [7, 11) is 0. The second-order valence-corrected chi connectivity index (χ2v) is 6.88. The normalized spacial score (nSPS) is 13.7. The molecule has 0 aromatic carbocycles. The lowest BCUT2D eigenvalue weighted by molar-refractivity contribution is 0.0192. The highest BCUT2D eigenvalue weighted by Crippen LogP contribution is 2.22. The van der Waals surface area contributed by atoms with Crippen LogP contribution in [0.2, 0.25) is 0 Å². The van der Waals surface area contributed by atoms with Crippen LogP contribution in [0.5, 0.6) is 0 Å². The number of aliphatic hydroxyl groups excluding tert-OH is 1. The zero-order chi connectivity index (χ0) is 15.3. The molecule has 0 saturated carbocycles. The first kappa shape index (κ1) is 19.9. The maximum absolute atomic E-state index is 10.0. The van der Waals surface area contributed by atoms with E-state index in [1.165, 1.54) is 64.2 Å². The van der Waals surface area contributed by atoms with E-state index in [1.807, 2.05) is 0 Å². The Morgan fingerprint density at radius 1 is 0.800 bits per heavy atom. The summed E-state index contributed by atoms with van der Waals surface area (Å²) in [6.07, 6.45) is 14.3. The van der Waals surface area contributed by atoms with Crippen molar-refractivity contribution in [2.75, 3.05) is 6.54 Å². The molecule has 0 radical (unpaired) electrons. The molecule has 0 fully saturated rings. The van der Waals surface area contributed by atoms with Gasteiger partial charge in [-0.25, -0.2) is 0 Å². The zero-order valence-electron chi connectivity index (χ0n) is 14.5.